The largest absolute Gasteiger partial charge is 0.339 e. The molecule has 25 heavy (non-hydrogen) atoms. The number of rotatable bonds is 4. The molecule has 1 saturated heterocycles. The number of aromatic nitrogens is 2. The standard InChI is InChI=1S/C16H22N4O3S2/c1-11-5-6-13(24-11)25(21,22)20-9-2-4-12(10-20)14-18-15(19-23-14)16(17)7-3-8-16/h5-6,12H,2-4,7-10,17H2,1H3. The third kappa shape index (κ3) is 3.03. The van der Waals surface area contributed by atoms with E-state index in [-0.39, 0.29) is 5.92 Å². The number of sulfonamides is 1. The molecule has 0 spiro atoms. The summed E-state index contributed by atoms with van der Waals surface area (Å²) >= 11 is 1.31. The van der Waals surface area contributed by atoms with Crippen LogP contribution in [-0.2, 0) is 15.6 Å². The third-order valence-corrected chi connectivity index (χ3v) is 8.51. The van der Waals surface area contributed by atoms with E-state index >= 15 is 0 Å². The molecule has 1 atom stereocenters. The molecule has 1 aliphatic carbocycles. The van der Waals surface area contributed by atoms with Crippen molar-refractivity contribution in [1.82, 2.24) is 14.4 Å². The zero-order valence-electron chi connectivity index (χ0n) is 14.1. The first kappa shape index (κ1) is 17.1. The predicted octanol–water partition coefficient (Wildman–Crippen LogP) is 2.35. The molecule has 0 aromatic carbocycles. The van der Waals surface area contributed by atoms with E-state index in [4.69, 9.17) is 10.3 Å². The Bertz CT molecular complexity index is 870. The van der Waals surface area contributed by atoms with Crippen molar-refractivity contribution in [2.75, 3.05) is 13.1 Å². The van der Waals surface area contributed by atoms with Gasteiger partial charge in [-0.25, -0.2) is 8.42 Å². The van der Waals surface area contributed by atoms with Crippen LogP contribution in [0.2, 0.25) is 0 Å². The lowest BCUT2D eigenvalue weighted by Gasteiger charge is -2.34. The summed E-state index contributed by atoms with van der Waals surface area (Å²) in [6.07, 6.45) is 4.44. The molecule has 2 aromatic heterocycles. The third-order valence-electron chi connectivity index (χ3n) is 5.18. The van der Waals surface area contributed by atoms with Gasteiger partial charge in [-0.3, -0.25) is 0 Å². The fourth-order valence-electron chi connectivity index (χ4n) is 3.42. The molecule has 136 valence electrons. The molecule has 0 radical (unpaired) electrons. The Morgan fingerprint density at radius 2 is 2.16 bits per heavy atom. The van der Waals surface area contributed by atoms with Crippen molar-refractivity contribution in [2.24, 2.45) is 5.73 Å². The number of hydrogen-bond donors (Lipinski definition) is 1. The molecule has 1 saturated carbocycles. The highest BCUT2D eigenvalue weighted by atomic mass is 32.2. The molecule has 2 aromatic rings. The number of piperidine rings is 1. The molecular weight excluding hydrogens is 360 g/mol. The normalized spacial score (nSPS) is 24.2. The first-order valence-electron chi connectivity index (χ1n) is 8.58. The summed E-state index contributed by atoms with van der Waals surface area (Å²) < 4.78 is 33.1. The number of nitrogens with zero attached hydrogens (tertiary/aromatic N) is 3. The lowest BCUT2D eigenvalue weighted by molar-refractivity contribution is 0.226. The average molecular weight is 383 g/mol. The van der Waals surface area contributed by atoms with Crippen LogP contribution in [0.1, 0.15) is 54.6 Å². The van der Waals surface area contributed by atoms with E-state index in [9.17, 15) is 8.42 Å². The fourth-order valence-corrected chi connectivity index (χ4v) is 6.39. The van der Waals surface area contributed by atoms with E-state index in [0.29, 0.717) is 29.0 Å². The van der Waals surface area contributed by atoms with Crippen LogP contribution in [0.3, 0.4) is 0 Å². The van der Waals surface area contributed by atoms with Crippen LogP contribution in [0.25, 0.3) is 0 Å². The summed E-state index contributed by atoms with van der Waals surface area (Å²) in [5.74, 6) is 0.992. The molecule has 2 N–H and O–H groups in total. The molecule has 1 aliphatic heterocycles. The molecule has 4 rings (SSSR count). The molecule has 7 nitrogen and oxygen atoms in total. The number of thiophene rings is 1. The zero-order chi connectivity index (χ0) is 17.7. The molecule has 3 heterocycles. The van der Waals surface area contributed by atoms with Gasteiger partial charge in [0.1, 0.15) is 4.21 Å². The Kier molecular flexibility index (Phi) is 4.22. The van der Waals surface area contributed by atoms with Crippen molar-refractivity contribution >= 4 is 21.4 Å². The predicted molar refractivity (Wildman–Crippen MR) is 93.8 cm³/mol. The number of hydrogen-bond acceptors (Lipinski definition) is 7. The highest BCUT2D eigenvalue weighted by Crippen LogP contribution is 2.38. The maximum atomic E-state index is 12.8. The van der Waals surface area contributed by atoms with Gasteiger partial charge in [-0.05, 0) is 51.2 Å². The van der Waals surface area contributed by atoms with E-state index in [0.717, 1.165) is 37.0 Å². The fraction of sp³-hybridized carbons (Fsp3) is 0.625. The second-order valence-corrected chi connectivity index (χ2v) is 10.5. The van der Waals surface area contributed by atoms with Gasteiger partial charge in [0.25, 0.3) is 10.0 Å². The first-order chi connectivity index (χ1) is 11.9. The number of nitrogens with two attached hydrogens (primary N) is 1. The molecule has 2 aliphatic rings. The number of aryl methyl sites for hydroxylation is 1. The summed E-state index contributed by atoms with van der Waals surface area (Å²) in [5, 5.41) is 4.06. The Hall–Kier alpha value is -1.29. The topological polar surface area (TPSA) is 102 Å². The highest BCUT2D eigenvalue weighted by Gasteiger charge is 2.40. The Balaban J connectivity index is 1.53. The van der Waals surface area contributed by atoms with E-state index < -0.39 is 15.6 Å². The first-order valence-corrected chi connectivity index (χ1v) is 10.8. The minimum atomic E-state index is -3.46. The second kappa shape index (κ2) is 6.15. The van der Waals surface area contributed by atoms with Crippen molar-refractivity contribution in [2.45, 2.75) is 54.7 Å². The monoisotopic (exact) mass is 382 g/mol. The highest BCUT2D eigenvalue weighted by molar-refractivity contribution is 7.91. The maximum absolute atomic E-state index is 12.8. The van der Waals surface area contributed by atoms with Gasteiger partial charge in [0.05, 0.1) is 11.5 Å². The van der Waals surface area contributed by atoms with E-state index in [2.05, 4.69) is 10.1 Å². The lowest BCUT2D eigenvalue weighted by atomic mass is 9.77. The summed E-state index contributed by atoms with van der Waals surface area (Å²) in [6, 6.07) is 3.51. The van der Waals surface area contributed by atoms with Gasteiger partial charge in [0.2, 0.25) is 5.89 Å². The molecule has 2 fully saturated rings. The van der Waals surface area contributed by atoms with E-state index in [1.807, 2.05) is 13.0 Å². The van der Waals surface area contributed by atoms with Crippen LogP contribution in [0.4, 0.5) is 0 Å². The van der Waals surface area contributed by atoms with Crippen LogP contribution in [0.5, 0.6) is 0 Å². The van der Waals surface area contributed by atoms with Crippen LogP contribution in [0, 0.1) is 6.92 Å². The van der Waals surface area contributed by atoms with Gasteiger partial charge in [0.15, 0.2) is 5.82 Å². The molecule has 0 bridgehead atoms. The van der Waals surface area contributed by atoms with Crippen LogP contribution in [0.15, 0.2) is 20.9 Å². The minimum Gasteiger partial charge on any atom is -0.339 e. The van der Waals surface area contributed by atoms with Gasteiger partial charge in [0, 0.05) is 18.0 Å². The zero-order valence-corrected chi connectivity index (χ0v) is 15.8. The van der Waals surface area contributed by atoms with Gasteiger partial charge >= 0.3 is 0 Å². The summed E-state index contributed by atoms with van der Waals surface area (Å²) in [4.78, 5) is 5.49. The molecule has 9 heteroatoms. The Morgan fingerprint density at radius 3 is 2.80 bits per heavy atom. The van der Waals surface area contributed by atoms with Crippen molar-refractivity contribution < 1.29 is 12.9 Å². The Labute approximate surface area is 151 Å². The van der Waals surface area contributed by atoms with Gasteiger partial charge in [-0.2, -0.15) is 9.29 Å². The summed E-state index contributed by atoms with van der Waals surface area (Å²) in [5.41, 5.74) is 5.79. The van der Waals surface area contributed by atoms with Crippen LogP contribution in [-0.4, -0.2) is 36.0 Å². The Morgan fingerprint density at radius 1 is 1.36 bits per heavy atom. The smallest absolute Gasteiger partial charge is 0.252 e. The summed E-state index contributed by atoms with van der Waals surface area (Å²) in [6.45, 7) is 2.81. The second-order valence-electron chi connectivity index (χ2n) is 7.03. The van der Waals surface area contributed by atoms with Gasteiger partial charge in [-0.15, -0.1) is 11.3 Å². The van der Waals surface area contributed by atoms with Crippen molar-refractivity contribution in [3.8, 4) is 0 Å². The molecular formula is C16H22N4O3S2. The maximum Gasteiger partial charge on any atom is 0.252 e. The van der Waals surface area contributed by atoms with E-state index in [1.54, 1.807) is 6.07 Å². The molecule has 0 amide bonds. The minimum absolute atomic E-state index is 0.0745. The average Bonchev–Trinajstić information content (AvgIpc) is 3.22. The quantitative estimate of drug-likeness (QED) is 0.871. The van der Waals surface area contributed by atoms with Crippen molar-refractivity contribution in [3.05, 3.63) is 28.7 Å². The molecule has 1 unspecified atom stereocenters. The SMILES string of the molecule is Cc1ccc(S(=O)(=O)N2CCCC(c3nc(C4(N)CCC4)no3)C2)s1. The van der Waals surface area contributed by atoms with E-state index in [1.165, 1.54) is 15.6 Å². The summed E-state index contributed by atoms with van der Waals surface area (Å²) in [7, 11) is -3.46. The lowest BCUT2D eigenvalue weighted by Crippen LogP contribution is -2.44. The van der Waals surface area contributed by atoms with Crippen molar-refractivity contribution in [1.29, 1.82) is 0 Å². The van der Waals surface area contributed by atoms with Gasteiger partial charge in [-0.1, -0.05) is 5.16 Å². The van der Waals surface area contributed by atoms with Crippen LogP contribution < -0.4 is 5.73 Å². The van der Waals surface area contributed by atoms with Crippen LogP contribution >= 0.6 is 11.3 Å². The van der Waals surface area contributed by atoms with Crippen molar-refractivity contribution in [3.63, 3.8) is 0 Å². The van der Waals surface area contributed by atoms with Gasteiger partial charge < -0.3 is 10.3 Å².